The van der Waals surface area contributed by atoms with Crippen molar-refractivity contribution < 1.29 is 4.74 Å². The minimum absolute atomic E-state index is 0.678. The second-order valence-electron chi connectivity index (χ2n) is 4.66. The number of rotatable bonds is 8. The molecule has 1 heterocycles. The number of guanidine groups is 1. The van der Waals surface area contributed by atoms with Crippen molar-refractivity contribution in [3.63, 3.8) is 0 Å². The Balaban J connectivity index is 1.67. The Kier molecular flexibility index (Phi) is 7.75. The van der Waals surface area contributed by atoms with Gasteiger partial charge in [0, 0.05) is 43.0 Å². The van der Waals surface area contributed by atoms with Crippen LogP contribution in [0.15, 0.2) is 45.2 Å². The van der Waals surface area contributed by atoms with Gasteiger partial charge in [0.25, 0.3) is 0 Å². The van der Waals surface area contributed by atoms with Gasteiger partial charge in [-0.05, 0) is 12.5 Å². The van der Waals surface area contributed by atoms with E-state index in [1.165, 1.54) is 0 Å². The van der Waals surface area contributed by atoms with Gasteiger partial charge in [-0.1, -0.05) is 30.0 Å². The summed E-state index contributed by atoms with van der Waals surface area (Å²) in [5.74, 6) is 2.73. The maximum atomic E-state index is 5.35. The zero-order valence-electron chi connectivity index (χ0n) is 13.4. The van der Waals surface area contributed by atoms with Crippen molar-refractivity contribution >= 4 is 29.1 Å². The van der Waals surface area contributed by atoms with Gasteiger partial charge in [-0.2, -0.15) is 0 Å². The summed E-state index contributed by atoms with van der Waals surface area (Å²) >= 11 is 3.48. The fourth-order valence-electron chi connectivity index (χ4n) is 1.97. The standard InChI is InChI=1S/C16H22N4OS2/c1-17-15(18-8-5-10-22-16-19-9-11-23-16)20-12-13-6-3-4-7-14(13)21-2/h3-4,6-7,9,11H,5,8,10,12H2,1-2H3,(H2,17,18,20). The number of hydrogen-bond donors (Lipinski definition) is 2. The lowest BCUT2D eigenvalue weighted by Crippen LogP contribution is -2.37. The van der Waals surface area contributed by atoms with Crippen molar-refractivity contribution in [1.29, 1.82) is 0 Å². The minimum Gasteiger partial charge on any atom is -0.496 e. The fourth-order valence-corrected chi connectivity index (χ4v) is 3.62. The summed E-state index contributed by atoms with van der Waals surface area (Å²) in [5.41, 5.74) is 1.11. The highest BCUT2D eigenvalue weighted by atomic mass is 32.2. The SMILES string of the molecule is CN=C(NCCCSc1nccs1)NCc1ccccc1OC. The molecule has 0 saturated carbocycles. The second-order valence-corrected chi connectivity index (χ2v) is 6.90. The first-order valence-electron chi connectivity index (χ1n) is 7.42. The molecular formula is C16H22N4OS2. The topological polar surface area (TPSA) is 58.5 Å². The molecule has 0 radical (unpaired) electrons. The molecule has 0 aliphatic heterocycles. The molecule has 7 heteroatoms. The molecule has 0 unspecified atom stereocenters. The highest BCUT2D eigenvalue weighted by Gasteiger charge is 2.03. The van der Waals surface area contributed by atoms with Crippen LogP contribution in [-0.2, 0) is 6.54 Å². The van der Waals surface area contributed by atoms with Gasteiger partial charge in [0.1, 0.15) is 10.1 Å². The predicted molar refractivity (Wildman–Crippen MR) is 98.7 cm³/mol. The van der Waals surface area contributed by atoms with Crippen LogP contribution in [0, 0.1) is 0 Å². The van der Waals surface area contributed by atoms with Gasteiger partial charge in [-0.25, -0.2) is 4.98 Å². The molecule has 0 aliphatic carbocycles. The summed E-state index contributed by atoms with van der Waals surface area (Å²) in [5, 5.41) is 8.64. The lowest BCUT2D eigenvalue weighted by Gasteiger charge is -2.13. The van der Waals surface area contributed by atoms with E-state index in [2.05, 4.69) is 20.6 Å². The Morgan fingerprint density at radius 3 is 2.96 bits per heavy atom. The van der Waals surface area contributed by atoms with E-state index in [1.54, 1.807) is 37.3 Å². The smallest absolute Gasteiger partial charge is 0.191 e. The summed E-state index contributed by atoms with van der Waals surface area (Å²) in [4.78, 5) is 8.50. The van der Waals surface area contributed by atoms with Crippen molar-refractivity contribution in [2.75, 3.05) is 26.5 Å². The normalized spacial score (nSPS) is 11.3. The van der Waals surface area contributed by atoms with Gasteiger partial charge >= 0.3 is 0 Å². The number of nitrogens with zero attached hydrogens (tertiary/aromatic N) is 2. The third-order valence-corrected chi connectivity index (χ3v) is 5.16. The monoisotopic (exact) mass is 350 g/mol. The van der Waals surface area contributed by atoms with Gasteiger partial charge in [0.05, 0.1) is 7.11 Å². The zero-order chi connectivity index (χ0) is 16.3. The molecule has 0 bridgehead atoms. The third kappa shape index (κ3) is 6.11. The number of ether oxygens (including phenoxy) is 1. The molecule has 5 nitrogen and oxygen atoms in total. The van der Waals surface area contributed by atoms with E-state index in [-0.39, 0.29) is 0 Å². The van der Waals surface area contributed by atoms with Crippen LogP contribution in [0.4, 0.5) is 0 Å². The molecule has 0 atom stereocenters. The summed E-state index contributed by atoms with van der Waals surface area (Å²) < 4.78 is 6.48. The fraction of sp³-hybridized carbons (Fsp3) is 0.375. The third-order valence-electron chi connectivity index (χ3n) is 3.11. The van der Waals surface area contributed by atoms with E-state index in [9.17, 15) is 0 Å². The van der Waals surface area contributed by atoms with Gasteiger partial charge < -0.3 is 15.4 Å². The van der Waals surface area contributed by atoms with Crippen LogP contribution in [0.3, 0.4) is 0 Å². The molecule has 1 aromatic carbocycles. The molecule has 2 rings (SSSR count). The van der Waals surface area contributed by atoms with E-state index >= 15 is 0 Å². The molecule has 23 heavy (non-hydrogen) atoms. The zero-order valence-corrected chi connectivity index (χ0v) is 15.0. The average Bonchev–Trinajstić information content (AvgIpc) is 3.11. The number of para-hydroxylation sites is 1. The Bertz CT molecular complexity index is 602. The summed E-state index contributed by atoms with van der Waals surface area (Å²) in [7, 11) is 3.47. The molecule has 0 saturated heterocycles. The highest BCUT2D eigenvalue weighted by Crippen LogP contribution is 2.20. The van der Waals surface area contributed by atoms with Gasteiger partial charge in [0.15, 0.2) is 5.96 Å². The number of hydrogen-bond acceptors (Lipinski definition) is 5. The number of nitrogens with one attached hydrogen (secondary N) is 2. The van der Waals surface area contributed by atoms with Crippen LogP contribution in [0.2, 0.25) is 0 Å². The molecule has 1 aromatic heterocycles. The van der Waals surface area contributed by atoms with Crippen LogP contribution >= 0.6 is 23.1 Å². The first kappa shape index (κ1) is 17.6. The lowest BCUT2D eigenvalue weighted by atomic mass is 10.2. The molecule has 0 fully saturated rings. The average molecular weight is 351 g/mol. The molecule has 0 amide bonds. The molecule has 0 spiro atoms. The quantitative estimate of drug-likeness (QED) is 0.332. The Hall–Kier alpha value is -1.73. The Morgan fingerprint density at radius 2 is 2.22 bits per heavy atom. The van der Waals surface area contributed by atoms with Crippen LogP contribution < -0.4 is 15.4 Å². The summed E-state index contributed by atoms with van der Waals surface area (Å²) in [6.07, 6.45) is 2.90. The number of thioether (sulfide) groups is 1. The number of benzene rings is 1. The number of methoxy groups -OCH3 is 1. The Labute approximate surface area is 145 Å². The predicted octanol–water partition coefficient (Wildman–Crippen LogP) is 3.00. The maximum absolute atomic E-state index is 5.35. The van der Waals surface area contributed by atoms with E-state index in [4.69, 9.17) is 4.74 Å². The summed E-state index contributed by atoms with van der Waals surface area (Å²) in [6, 6.07) is 7.98. The van der Waals surface area contributed by atoms with Crippen LogP contribution in [0.25, 0.3) is 0 Å². The van der Waals surface area contributed by atoms with E-state index in [0.717, 1.165) is 40.3 Å². The molecule has 2 N–H and O–H groups in total. The molecule has 2 aromatic rings. The maximum Gasteiger partial charge on any atom is 0.191 e. The van der Waals surface area contributed by atoms with Crippen molar-refractivity contribution in [1.82, 2.24) is 15.6 Å². The van der Waals surface area contributed by atoms with E-state index in [1.807, 2.05) is 35.8 Å². The van der Waals surface area contributed by atoms with E-state index in [0.29, 0.717) is 6.54 Å². The first-order chi connectivity index (χ1) is 11.3. The lowest BCUT2D eigenvalue weighted by molar-refractivity contribution is 0.409. The molecule has 0 aliphatic rings. The van der Waals surface area contributed by atoms with Gasteiger partial charge in [-0.3, -0.25) is 4.99 Å². The van der Waals surface area contributed by atoms with Crippen molar-refractivity contribution in [3.05, 3.63) is 41.4 Å². The minimum atomic E-state index is 0.678. The largest absolute Gasteiger partial charge is 0.496 e. The summed E-state index contributed by atoms with van der Waals surface area (Å²) in [6.45, 7) is 1.56. The first-order valence-corrected chi connectivity index (χ1v) is 9.28. The van der Waals surface area contributed by atoms with Crippen molar-refractivity contribution in [3.8, 4) is 5.75 Å². The Morgan fingerprint density at radius 1 is 1.35 bits per heavy atom. The van der Waals surface area contributed by atoms with Crippen LogP contribution in [0.1, 0.15) is 12.0 Å². The second kappa shape index (κ2) is 10.1. The van der Waals surface area contributed by atoms with Gasteiger partial charge in [-0.15, -0.1) is 11.3 Å². The molecule has 124 valence electrons. The molecular weight excluding hydrogens is 328 g/mol. The van der Waals surface area contributed by atoms with E-state index < -0.39 is 0 Å². The number of aliphatic imine (C=N–C) groups is 1. The van der Waals surface area contributed by atoms with Gasteiger partial charge in [0.2, 0.25) is 0 Å². The van der Waals surface area contributed by atoms with Crippen LogP contribution in [0.5, 0.6) is 5.75 Å². The van der Waals surface area contributed by atoms with Crippen molar-refractivity contribution in [2.45, 2.75) is 17.3 Å². The van der Waals surface area contributed by atoms with Crippen molar-refractivity contribution in [2.24, 2.45) is 4.99 Å². The van der Waals surface area contributed by atoms with Crippen LogP contribution in [-0.4, -0.2) is 37.4 Å². The number of aromatic nitrogens is 1. The number of thiazole rings is 1. The highest BCUT2D eigenvalue weighted by molar-refractivity contribution is 8.00.